The molecule has 0 heterocycles. The van der Waals surface area contributed by atoms with E-state index in [0.717, 1.165) is 31.4 Å². The summed E-state index contributed by atoms with van der Waals surface area (Å²) in [7, 11) is 0. The highest BCUT2D eigenvalue weighted by molar-refractivity contribution is 5.62. The SMILES string of the molecule is O=[N+]([O-])c1ccc(F)c(F)c1NCC1CCCC(O)C1. The molecular weight excluding hydrogens is 270 g/mol. The Morgan fingerprint density at radius 1 is 1.40 bits per heavy atom. The van der Waals surface area contributed by atoms with Gasteiger partial charge in [-0.25, -0.2) is 8.78 Å². The van der Waals surface area contributed by atoms with Crippen LogP contribution in [0.3, 0.4) is 0 Å². The molecule has 1 saturated carbocycles. The number of halogens is 2. The van der Waals surface area contributed by atoms with Crippen molar-refractivity contribution in [2.75, 3.05) is 11.9 Å². The minimum Gasteiger partial charge on any atom is -0.393 e. The lowest BCUT2D eigenvalue weighted by molar-refractivity contribution is -0.384. The molecule has 0 radical (unpaired) electrons. The van der Waals surface area contributed by atoms with Crippen molar-refractivity contribution in [2.45, 2.75) is 31.8 Å². The predicted octanol–water partition coefficient (Wildman–Crippen LogP) is 2.84. The van der Waals surface area contributed by atoms with Crippen LogP contribution in [-0.4, -0.2) is 22.7 Å². The zero-order valence-corrected chi connectivity index (χ0v) is 10.8. The minimum atomic E-state index is -1.24. The molecule has 0 bridgehead atoms. The Morgan fingerprint density at radius 2 is 2.15 bits per heavy atom. The first-order valence-corrected chi connectivity index (χ1v) is 6.53. The fourth-order valence-electron chi connectivity index (χ4n) is 2.56. The van der Waals surface area contributed by atoms with Crippen molar-refractivity contribution in [3.8, 4) is 0 Å². The highest BCUT2D eigenvalue weighted by atomic mass is 19.2. The Morgan fingerprint density at radius 3 is 2.80 bits per heavy atom. The van der Waals surface area contributed by atoms with Gasteiger partial charge in [-0.05, 0) is 31.2 Å². The van der Waals surface area contributed by atoms with E-state index < -0.39 is 27.9 Å². The number of nitro benzene ring substituents is 1. The van der Waals surface area contributed by atoms with E-state index in [-0.39, 0.29) is 18.6 Å². The van der Waals surface area contributed by atoms with Gasteiger partial charge in [0, 0.05) is 12.6 Å². The standard InChI is InChI=1S/C13H16F2N2O3/c14-10-4-5-11(17(19)20)13(12(10)15)16-7-8-2-1-3-9(18)6-8/h4-5,8-9,16,18H,1-3,6-7H2. The molecule has 7 heteroatoms. The van der Waals surface area contributed by atoms with Gasteiger partial charge in [0.05, 0.1) is 11.0 Å². The average molecular weight is 286 g/mol. The second kappa shape index (κ2) is 6.13. The van der Waals surface area contributed by atoms with E-state index >= 15 is 0 Å². The molecular formula is C13H16F2N2O3. The summed E-state index contributed by atoms with van der Waals surface area (Å²) in [6, 6.07) is 1.68. The maximum absolute atomic E-state index is 13.7. The maximum atomic E-state index is 13.7. The first-order valence-electron chi connectivity index (χ1n) is 6.53. The molecule has 0 amide bonds. The van der Waals surface area contributed by atoms with Gasteiger partial charge in [0.25, 0.3) is 5.69 Å². The number of hydrogen-bond acceptors (Lipinski definition) is 4. The fourth-order valence-corrected chi connectivity index (χ4v) is 2.56. The summed E-state index contributed by atoms with van der Waals surface area (Å²) in [5.41, 5.74) is -0.907. The van der Waals surface area contributed by atoms with Crippen LogP contribution in [0.4, 0.5) is 20.2 Å². The van der Waals surface area contributed by atoms with Gasteiger partial charge >= 0.3 is 0 Å². The van der Waals surface area contributed by atoms with Crippen molar-refractivity contribution in [1.29, 1.82) is 0 Å². The molecule has 1 fully saturated rings. The number of nitrogens with one attached hydrogen (secondary N) is 1. The first kappa shape index (κ1) is 14.6. The van der Waals surface area contributed by atoms with Gasteiger partial charge in [0.15, 0.2) is 17.3 Å². The fraction of sp³-hybridized carbons (Fsp3) is 0.538. The van der Waals surface area contributed by atoms with Crippen LogP contribution in [0.25, 0.3) is 0 Å². The highest BCUT2D eigenvalue weighted by Crippen LogP contribution is 2.31. The number of benzene rings is 1. The van der Waals surface area contributed by atoms with Gasteiger partial charge in [-0.15, -0.1) is 0 Å². The molecule has 0 aliphatic heterocycles. The van der Waals surface area contributed by atoms with Crippen molar-refractivity contribution < 1.29 is 18.8 Å². The van der Waals surface area contributed by atoms with Gasteiger partial charge in [0.2, 0.25) is 0 Å². The number of aliphatic hydroxyl groups is 1. The van der Waals surface area contributed by atoms with E-state index in [4.69, 9.17) is 0 Å². The molecule has 20 heavy (non-hydrogen) atoms. The zero-order chi connectivity index (χ0) is 14.7. The van der Waals surface area contributed by atoms with Gasteiger partial charge in [-0.1, -0.05) is 6.42 Å². The topological polar surface area (TPSA) is 75.4 Å². The Labute approximate surface area is 114 Å². The molecule has 0 spiro atoms. The summed E-state index contributed by atoms with van der Waals surface area (Å²) in [4.78, 5) is 10.1. The third-order valence-electron chi connectivity index (χ3n) is 3.59. The highest BCUT2D eigenvalue weighted by Gasteiger charge is 2.24. The van der Waals surface area contributed by atoms with Crippen molar-refractivity contribution in [2.24, 2.45) is 5.92 Å². The van der Waals surface area contributed by atoms with Crippen LogP contribution < -0.4 is 5.32 Å². The van der Waals surface area contributed by atoms with Crippen LogP contribution in [0.15, 0.2) is 12.1 Å². The van der Waals surface area contributed by atoms with Crippen molar-refractivity contribution in [3.05, 3.63) is 33.9 Å². The largest absolute Gasteiger partial charge is 0.393 e. The molecule has 5 nitrogen and oxygen atoms in total. The van der Waals surface area contributed by atoms with Crippen molar-refractivity contribution in [1.82, 2.24) is 0 Å². The van der Waals surface area contributed by atoms with Crippen molar-refractivity contribution >= 4 is 11.4 Å². The third-order valence-corrected chi connectivity index (χ3v) is 3.59. The molecule has 2 unspecified atom stereocenters. The Hall–Kier alpha value is -1.76. The molecule has 110 valence electrons. The summed E-state index contributed by atoms with van der Waals surface area (Å²) < 4.78 is 26.8. The van der Waals surface area contributed by atoms with E-state index in [2.05, 4.69) is 5.32 Å². The lowest BCUT2D eigenvalue weighted by Crippen LogP contribution is -2.25. The lowest BCUT2D eigenvalue weighted by atomic mass is 9.87. The van der Waals surface area contributed by atoms with Crippen LogP contribution in [0, 0.1) is 27.7 Å². The van der Waals surface area contributed by atoms with Crippen LogP contribution in [0.5, 0.6) is 0 Å². The van der Waals surface area contributed by atoms with Gasteiger partial charge < -0.3 is 10.4 Å². The summed E-state index contributed by atoms with van der Waals surface area (Å²) in [6.45, 7) is 0.276. The van der Waals surface area contributed by atoms with Gasteiger partial charge in [-0.3, -0.25) is 10.1 Å². The van der Waals surface area contributed by atoms with Gasteiger partial charge in [0.1, 0.15) is 0 Å². The number of nitro groups is 1. The molecule has 0 saturated heterocycles. The van der Waals surface area contributed by atoms with Gasteiger partial charge in [-0.2, -0.15) is 0 Å². The molecule has 1 aromatic carbocycles. The quantitative estimate of drug-likeness (QED) is 0.659. The molecule has 1 aliphatic rings. The lowest BCUT2D eigenvalue weighted by Gasteiger charge is -2.26. The number of aliphatic hydroxyl groups excluding tert-OH is 1. The van der Waals surface area contributed by atoms with Crippen LogP contribution in [0.2, 0.25) is 0 Å². The molecule has 1 aromatic rings. The van der Waals surface area contributed by atoms with E-state index in [1.54, 1.807) is 0 Å². The average Bonchev–Trinajstić information content (AvgIpc) is 2.40. The second-order valence-corrected chi connectivity index (χ2v) is 5.08. The Balaban J connectivity index is 2.12. The minimum absolute atomic E-state index is 0.0982. The van der Waals surface area contributed by atoms with E-state index in [1.165, 1.54) is 0 Å². The molecule has 2 atom stereocenters. The second-order valence-electron chi connectivity index (χ2n) is 5.08. The monoisotopic (exact) mass is 286 g/mol. The summed E-state index contributed by atoms with van der Waals surface area (Å²) in [5.74, 6) is -2.27. The summed E-state index contributed by atoms with van der Waals surface area (Å²) >= 11 is 0. The van der Waals surface area contributed by atoms with Crippen LogP contribution in [-0.2, 0) is 0 Å². The van der Waals surface area contributed by atoms with E-state index in [0.29, 0.717) is 6.42 Å². The van der Waals surface area contributed by atoms with Crippen LogP contribution >= 0.6 is 0 Å². The Bertz CT molecular complexity index is 511. The Kier molecular flexibility index (Phi) is 4.49. The molecule has 1 aliphatic carbocycles. The van der Waals surface area contributed by atoms with Crippen LogP contribution in [0.1, 0.15) is 25.7 Å². The summed E-state index contributed by atoms with van der Waals surface area (Å²) in [6.07, 6.45) is 2.64. The number of hydrogen-bond donors (Lipinski definition) is 2. The van der Waals surface area contributed by atoms with E-state index in [9.17, 15) is 24.0 Å². The normalized spacial score (nSPS) is 22.6. The summed E-state index contributed by atoms with van der Waals surface area (Å²) in [5, 5.41) is 23.0. The smallest absolute Gasteiger partial charge is 0.295 e. The van der Waals surface area contributed by atoms with Crippen molar-refractivity contribution in [3.63, 3.8) is 0 Å². The molecule has 2 rings (SSSR count). The molecule has 2 N–H and O–H groups in total. The number of anilines is 1. The number of rotatable bonds is 4. The maximum Gasteiger partial charge on any atom is 0.295 e. The van der Waals surface area contributed by atoms with E-state index in [1.807, 2.05) is 0 Å². The molecule has 0 aromatic heterocycles. The third kappa shape index (κ3) is 3.22. The number of nitrogens with zero attached hydrogens (tertiary/aromatic N) is 1. The predicted molar refractivity (Wildman–Crippen MR) is 69.5 cm³/mol. The first-order chi connectivity index (χ1) is 9.49. The zero-order valence-electron chi connectivity index (χ0n) is 10.8.